The van der Waals surface area contributed by atoms with Crippen LogP contribution in [0.5, 0.6) is 0 Å². The molecule has 3 heteroatoms. The molecular formula is C16H31N3. The standard InChI is InChI=1S/C16H31N3/c1-12-4-7-15(17-2)16(10-12)19-9-8-13-5-6-14(11-19)18(13)3/h12-17H,4-11H2,1-3H3. The van der Waals surface area contributed by atoms with Crippen LogP contribution in [0.2, 0.25) is 0 Å². The van der Waals surface area contributed by atoms with Crippen LogP contribution in [-0.2, 0) is 0 Å². The molecular weight excluding hydrogens is 234 g/mol. The Bertz CT molecular complexity index is 306. The third-order valence-corrected chi connectivity index (χ3v) is 6.10. The summed E-state index contributed by atoms with van der Waals surface area (Å²) in [6.45, 7) is 5.07. The van der Waals surface area contributed by atoms with Crippen molar-refractivity contribution < 1.29 is 0 Å². The Balaban J connectivity index is 1.70. The smallest absolute Gasteiger partial charge is 0.0252 e. The van der Waals surface area contributed by atoms with E-state index in [4.69, 9.17) is 0 Å². The molecule has 0 aromatic rings. The van der Waals surface area contributed by atoms with Gasteiger partial charge in [-0.05, 0) is 58.5 Å². The molecule has 1 aliphatic carbocycles. The van der Waals surface area contributed by atoms with Gasteiger partial charge in [0, 0.05) is 37.3 Å². The summed E-state index contributed by atoms with van der Waals surface area (Å²) in [6.07, 6.45) is 8.40. The summed E-state index contributed by atoms with van der Waals surface area (Å²) in [6, 6.07) is 3.19. The Morgan fingerprint density at radius 3 is 2.58 bits per heavy atom. The average molecular weight is 265 g/mol. The lowest BCUT2D eigenvalue weighted by Gasteiger charge is -2.42. The van der Waals surface area contributed by atoms with Crippen LogP contribution in [0, 0.1) is 5.92 Å². The van der Waals surface area contributed by atoms with E-state index >= 15 is 0 Å². The molecule has 0 amide bonds. The summed E-state index contributed by atoms with van der Waals surface area (Å²) in [5, 5.41) is 3.59. The summed E-state index contributed by atoms with van der Waals surface area (Å²) in [7, 11) is 4.51. The fourth-order valence-electron chi connectivity index (χ4n) is 4.73. The topological polar surface area (TPSA) is 18.5 Å². The van der Waals surface area contributed by atoms with Gasteiger partial charge >= 0.3 is 0 Å². The van der Waals surface area contributed by atoms with Gasteiger partial charge in [-0.2, -0.15) is 0 Å². The molecule has 0 aromatic carbocycles. The fraction of sp³-hybridized carbons (Fsp3) is 1.00. The summed E-state index contributed by atoms with van der Waals surface area (Å²) < 4.78 is 0. The summed E-state index contributed by atoms with van der Waals surface area (Å²) >= 11 is 0. The van der Waals surface area contributed by atoms with Crippen molar-refractivity contribution in [3.63, 3.8) is 0 Å². The molecule has 3 aliphatic rings. The van der Waals surface area contributed by atoms with Crippen molar-refractivity contribution in [2.45, 2.75) is 69.6 Å². The monoisotopic (exact) mass is 265 g/mol. The molecule has 0 radical (unpaired) electrons. The molecule has 5 atom stereocenters. The van der Waals surface area contributed by atoms with E-state index in [0.29, 0.717) is 0 Å². The third-order valence-electron chi connectivity index (χ3n) is 6.10. The van der Waals surface area contributed by atoms with E-state index in [1.165, 1.54) is 51.6 Å². The number of rotatable bonds is 2. The van der Waals surface area contributed by atoms with E-state index in [0.717, 1.165) is 30.1 Å². The third kappa shape index (κ3) is 2.70. The van der Waals surface area contributed by atoms with Crippen molar-refractivity contribution in [1.82, 2.24) is 15.1 Å². The lowest BCUT2D eigenvalue weighted by molar-refractivity contribution is 0.0944. The van der Waals surface area contributed by atoms with Gasteiger partial charge in [0.25, 0.3) is 0 Å². The Kier molecular flexibility index (Phi) is 4.16. The Morgan fingerprint density at radius 1 is 1.00 bits per heavy atom. The van der Waals surface area contributed by atoms with Gasteiger partial charge < -0.3 is 5.32 Å². The van der Waals surface area contributed by atoms with Crippen molar-refractivity contribution in [1.29, 1.82) is 0 Å². The largest absolute Gasteiger partial charge is 0.315 e. The first-order valence-corrected chi connectivity index (χ1v) is 8.32. The predicted molar refractivity (Wildman–Crippen MR) is 80.4 cm³/mol. The first-order valence-electron chi connectivity index (χ1n) is 8.32. The van der Waals surface area contributed by atoms with Gasteiger partial charge in [0.2, 0.25) is 0 Å². The first kappa shape index (κ1) is 13.8. The maximum Gasteiger partial charge on any atom is 0.0252 e. The molecule has 2 aliphatic heterocycles. The lowest BCUT2D eigenvalue weighted by Crippen LogP contribution is -2.54. The molecule has 5 unspecified atom stereocenters. The van der Waals surface area contributed by atoms with E-state index < -0.39 is 0 Å². The molecule has 3 rings (SSSR count). The lowest BCUT2D eigenvalue weighted by atomic mass is 9.82. The number of likely N-dealkylation sites (N-methyl/N-ethyl adjacent to an activating group) is 2. The predicted octanol–water partition coefficient (Wildman–Crippen LogP) is 1.93. The van der Waals surface area contributed by atoms with Crippen LogP contribution in [0.1, 0.15) is 45.4 Å². The van der Waals surface area contributed by atoms with Crippen molar-refractivity contribution in [3.8, 4) is 0 Å². The van der Waals surface area contributed by atoms with Crippen LogP contribution < -0.4 is 5.32 Å². The van der Waals surface area contributed by atoms with Crippen molar-refractivity contribution in [2.75, 3.05) is 27.2 Å². The first-order chi connectivity index (χ1) is 9.19. The highest BCUT2D eigenvalue weighted by atomic mass is 15.3. The molecule has 3 nitrogen and oxygen atoms in total. The zero-order valence-electron chi connectivity index (χ0n) is 12.9. The highest BCUT2D eigenvalue weighted by Gasteiger charge is 2.39. The van der Waals surface area contributed by atoms with Gasteiger partial charge in [-0.1, -0.05) is 6.92 Å². The highest BCUT2D eigenvalue weighted by Crippen LogP contribution is 2.33. The minimum Gasteiger partial charge on any atom is -0.315 e. The molecule has 0 aromatic heterocycles. The van der Waals surface area contributed by atoms with E-state index in [9.17, 15) is 0 Å². The SMILES string of the molecule is CNC1CCC(C)CC1N1CCC2CCC(C1)N2C. The van der Waals surface area contributed by atoms with Crippen LogP contribution in [0.3, 0.4) is 0 Å². The van der Waals surface area contributed by atoms with Crippen LogP contribution in [-0.4, -0.2) is 61.2 Å². The van der Waals surface area contributed by atoms with Crippen molar-refractivity contribution in [2.24, 2.45) is 5.92 Å². The zero-order chi connectivity index (χ0) is 13.4. The molecule has 0 spiro atoms. The average Bonchev–Trinajstić information content (AvgIpc) is 2.63. The quantitative estimate of drug-likeness (QED) is 0.823. The second-order valence-electron chi connectivity index (χ2n) is 7.21. The minimum atomic E-state index is 0.720. The molecule has 1 N–H and O–H groups in total. The Morgan fingerprint density at radius 2 is 1.79 bits per heavy atom. The number of likely N-dealkylation sites (tertiary alicyclic amines) is 1. The van der Waals surface area contributed by atoms with Crippen LogP contribution in [0.25, 0.3) is 0 Å². The molecule has 1 saturated carbocycles. The van der Waals surface area contributed by atoms with Crippen molar-refractivity contribution in [3.05, 3.63) is 0 Å². The van der Waals surface area contributed by atoms with Gasteiger partial charge in [0.15, 0.2) is 0 Å². The van der Waals surface area contributed by atoms with Crippen LogP contribution >= 0.6 is 0 Å². The molecule has 2 heterocycles. The second-order valence-corrected chi connectivity index (χ2v) is 7.21. The van der Waals surface area contributed by atoms with Gasteiger partial charge in [0.1, 0.15) is 0 Å². The van der Waals surface area contributed by atoms with E-state index in [2.05, 4.69) is 36.1 Å². The zero-order valence-corrected chi connectivity index (χ0v) is 12.9. The fourth-order valence-corrected chi connectivity index (χ4v) is 4.73. The van der Waals surface area contributed by atoms with Crippen LogP contribution in [0.4, 0.5) is 0 Å². The Hall–Kier alpha value is -0.120. The maximum absolute atomic E-state index is 3.59. The van der Waals surface area contributed by atoms with Crippen molar-refractivity contribution >= 4 is 0 Å². The Labute approximate surface area is 118 Å². The van der Waals surface area contributed by atoms with Gasteiger partial charge in [-0.3, -0.25) is 9.80 Å². The summed E-state index contributed by atoms with van der Waals surface area (Å²) in [5.74, 6) is 0.910. The minimum absolute atomic E-state index is 0.720. The number of nitrogens with one attached hydrogen (secondary N) is 1. The van der Waals surface area contributed by atoms with Gasteiger partial charge in [0.05, 0.1) is 0 Å². The molecule has 110 valence electrons. The van der Waals surface area contributed by atoms with E-state index in [1.807, 2.05) is 0 Å². The summed E-state index contributed by atoms with van der Waals surface area (Å²) in [5.41, 5.74) is 0. The molecule has 2 bridgehead atoms. The number of nitrogens with zero attached hydrogens (tertiary/aromatic N) is 2. The summed E-state index contributed by atoms with van der Waals surface area (Å²) in [4.78, 5) is 5.50. The van der Waals surface area contributed by atoms with E-state index in [-0.39, 0.29) is 0 Å². The maximum atomic E-state index is 3.59. The van der Waals surface area contributed by atoms with Crippen LogP contribution in [0.15, 0.2) is 0 Å². The molecule has 19 heavy (non-hydrogen) atoms. The molecule has 3 fully saturated rings. The molecule has 2 saturated heterocycles. The number of fused-ring (bicyclic) bond motifs is 2. The van der Waals surface area contributed by atoms with Gasteiger partial charge in [-0.15, -0.1) is 0 Å². The van der Waals surface area contributed by atoms with Gasteiger partial charge in [-0.25, -0.2) is 0 Å². The number of hydrogen-bond acceptors (Lipinski definition) is 3. The van der Waals surface area contributed by atoms with E-state index in [1.54, 1.807) is 0 Å². The number of hydrogen-bond donors (Lipinski definition) is 1. The highest BCUT2D eigenvalue weighted by molar-refractivity contribution is 4.96. The second kappa shape index (κ2) is 5.71. The normalized spacial score (nSPS) is 45.3.